The Morgan fingerprint density at radius 2 is 1.85 bits per heavy atom. The summed E-state index contributed by atoms with van der Waals surface area (Å²) >= 11 is 6.60. The highest BCUT2D eigenvalue weighted by Gasteiger charge is 2.30. The molecule has 214 valence electrons. The fourth-order valence-electron chi connectivity index (χ4n) is 6.07. The molecule has 40 heavy (non-hydrogen) atoms. The van der Waals surface area contributed by atoms with Crippen molar-refractivity contribution in [1.82, 2.24) is 9.80 Å². The van der Waals surface area contributed by atoms with Gasteiger partial charge in [-0.3, -0.25) is 24.2 Å². The predicted octanol–water partition coefficient (Wildman–Crippen LogP) is 5.26. The fraction of sp³-hybridized carbons (Fsp3) is 0.516. The molecule has 1 unspecified atom stereocenters. The zero-order valence-electron chi connectivity index (χ0n) is 22.9. The van der Waals surface area contributed by atoms with Gasteiger partial charge < -0.3 is 14.6 Å². The van der Waals surface area contributed by atoms with Crippen LogP contribution in [0, 0.1) is 11.8 Å². The number of hydrogen-bond donors (Lipinski definition) is 1. The van der Waals surface area contributed by atoms with E-state index in [2.05, 4.69) is 30.0 Å². The van der Waals surface area contributed by atoms with Crippen molar-refractivity contribution in [3.8, 4) is 11.5 Å². The molecule has 0 spiro atoms. The third-order valence-electron chi connectivity index (χ3n) is 8.54. The van der Waals surface area contributed by atoms with E-state index in [0.717, 1.165) is 56.6 Å². The van der Waals surface area contributed by atoms with E-state index in [4.69, 9.17) is 21.1 Å². The van der Waals surface area contributed by atoms with Gasteiger partial charge in [0.1, 0.15) is 18.1 Å². The van der Waals surface area contributed by atoms with Crippen molar-refractivity contribution in [3.63, 3.8) is 0 Å². The second-order valence-corrected chi connectivity index (χ2v) is 11.6. The molecule has 5 rings (SSSR count). The van der Waals surface area contributed by atoms with Gasteiger partial charge in [-0.25, -0.2) is 0 Å². The number of hydrogen-bond acceptors (Lipinski definition) is 6. The van der Waals surface area contributed by atoms with Crippen molar-refractivity contribution in [1.29, 1.82) is 0 Å². The molecule has 1 aliphatic carbocycles. The number of benzene rings is 2. The maximum atomic E-state index is 11.8. The summed E-state index contributed by atoms with van der Waals surface area (Å²) in [6, 6.07) is 12.4. The number of carbonyl (C=O) groups is 3. The molecule has 1 saturated heterocycles. The summed E-state index contributed by atoms with van der Waals surface area (Å²) in [4.78, 5) is 38.8. The summed E-state index contributed by atoms with van der Waals surface area (Å²) in [5.41, 5.74) is 3.53. The summed E-state index contributed by atoms with van der Waals surface area (Å²) in [5.74, 6) is 0.703. The third kappa shape index (κ3) is 6.61. The highest BCUT2D eigenvalue weighted by atomic mass is 35.5. The Labute approximate surface area is 240 Å². The number of amides is 2. The van der Waals surface area contributed by atoms with Crippen LogP contribution in [0.5, 0.6) is 11.5 Å². The zero-order valence-corrected chi connectivity index (χ0v) is 23.7. The van der Waals surface area contributed by atoms with Gasteiger partial charge in [0.05, 0.1) is 24.1 Å². The Kier molecular flexibility index (Phi) is 8.96. The van der Waals surface area contributed by atoms with E-state index in [1.807, 2.05) is 18.2 Å². The second-order valence-electron chi connectivity index (χ2n) is 11.2. The highest BCUT2D eigenvalue weighted by molar-refractivity contribution is 6.32. The average molecular weight is 569 g/mol. The highest BCUT2D eigenvalue weighted by Crippen LogP contribution is 2.35. The maximum Gasteiger partial charge on any atom is 0.306 e. The van der Waals surface area contributed by atoms with Crippen LogP contribution in [0.1, 0.15) is 68.2 Å². The number of carboxylic acid groups (broad SMARTS) is 1. The first-order valence-corrected chi connectivity index (χ1v) is 14.6. The van der Waals surface area contributed by atoms with Gasteiger partial charge >= 0.3 is 5.97 Å². The van der Waals surface area contributed by atoms with E-state index in [-0.39, 0.29) is 49.8 Å². The van der Waals surface area contributed by atoms with E-state index in [1.54, 1.807) is 0 Å². The molecule has 0 bridgehead atoms. The number of nitrogens with zero attached hydrogens (tertiary/aromatic N) is 2. The Bertz CT molecular complexity index is 1240. The molecule has 8 nitrogen and oxygen atoms in total. The summed E-state index contributed by atoms with van der Waals surface area (Å²) in [7, 11) is 0. The van der Waals surface area contributed by atoms with Gasteiger partial charge in [-0.2, -0.15) is 0 Å². The molecule has 2 fully saturated rings. The quantitative estimate of drug-likeness (QED) is 0.369. The van der Waals surface area contributed by atoms with Crippen molar-refractivity contribution >= 4 is 29.4 Å². The summed E-state index contributed by atoms with van der Waals surface area (Å²) in [5, 5.41) is 9.91. The lowest BCUT2D eigenvalue weighted by Crippen LogP contribution is -2.34. The van der Waals surface area contributed by atoms with Crippen molar-refractivity contribution < 1.29 is 29.0 Å². The molecule has 0 radical (unpaired) electrons. The van der Waals surface area contributed by atoms with Crippen molar-refractivity contribution in [3.05, 3.63) is 58.1 Å². The van der Waals surface area contributed by atoms with Gasteiger partial charge in [0.15, 0.2) is 0 Å². The van der Waals surface area contributed by atoms with Crippen LogP contribution in [0.4, 0.5) is 0 Å². The maximum absolute atomic E-state index is 11.8. The number of imide groups is 1. The molecule has 3 aliphatic rings. The number of fused-ring (bicyclic) bond motifs is 1. The SMILES string of the molecule is CC(c1ccc2c(c1)CCO2)N(Cc1ccc(OCCN2C(=O)CCC2=O)c(Cl)c1)CC1CCC(C(=O)O)CC1. The van der Waals surface area contributed by atoms with Crippen LogP contribution in [0.3, 0.4) is 0 Å². The standard InChI is InChI=1S/C31H37ClN2O6/c1-20(24-7-9-27-25(17-24)12-14-39-27)33(18-21-2-5-23(6-3-21)31(37)38)19-22-4-8-28(26(32)16-22)40-15-13-34-29(35)10-11-30(34)36/h4,7-9,16-17,20-21,23H,2-3,5-6,10-15,18-19H2,1H3,(H,37,38). The van der Waals surface area contributed by atoms with Gasteiger partial charge in [0.2, 0.25) is 11.8 Å². The number of carboxylic acids is 1. The molecule has 1 atom stereocenters. The lowest BCUT2D eigenvalue weighted by atomic mass is 9.81. The smallest absolute Gasteiger partial charge is 0.306 e. The molecule has 1 N–H and O–H groups in total. The Morgan fingerprint density at radius 1 is 1.10 bits per heavy atom. The number of likely N-dealkylation sites (tertiary alicyclic amines) is 1. The first-order valence-electron chi connectivity index (χ1n) is 14.3. The topological polar surface area (TPSA) is 96.4 Å². The van der Waals surface area contributed by atoms with Crippen LogP contribution in [-0.4, -0.2) is 59.0 Å². The van der Waals surface area contributed by atoms with E-state index in [1.165, 1.54) is 16.0 Å². The monoisotopic (exact) mass is 568 g/mol. The largest absolute Gasteiger partial charge is 0.493 e. The molecule has 0 aromatic heterocycles. The van der Waals surface area contributed by atoms with E-state index in [9.17, 15) is 19.5 Å². The minimum atomic E-state index is -0.681. The zero-order chi connectivity index (χ0) is 28.2. The number of ether oxygens (including phenoxy) is 2. The molecule has 2 amide bonds. The van der Waals surface area contributed by atoms with Gasteiger partial charge in [-0.05, 0) is 73.4 Å². The van der Waals surface area contributed by atoms with Crippen LogP contribution >= 0.6 is 11.6 Å². The van der Waals surface area contributed by atoms with E-state index >= 15 is 0 Å². The Hall–Kier alpha value is -3.10. The molecule has 1 saturated carbocycles. The normalized spacial score (nSPS) is 21.4. The molecular weight excluding hydrogens is 532 g/mol. The van der Waals surface area contributed by atoms with Crippen LogP contribution < -0.4 is 9.47 Å². The van der Waals surface area contributed by atoms with Crippen molar-refractivity contribution in [2.24, 2.45) is 11.8 Å². The lowest BCUT2D eigenvalue weighted by Gasteiger charge is -2.35. The van der Waals surface area contributed by atoms with Crippen molar-refractivity contribution in [2.75, 3.05) is 26.3 Å². The van der Waals surface area contributed by atoms with E-state index in [0.29, 0.717) is 23.2 Å². The van der Waals surface area contributed by atoms with Gasteiger partial charge in [-0.15, -0.1) is 0 Å². The average Bonchev–Trinajstić information content (AvgIpc) is 3.55. The van der Waals surface area contributed by atoms with Crippen LogP contribution in [-0.2, 0) is 27.3 Å². The summed E-state index contributed by atoms with van der Waals surface area (Å²) in [6.45, 7) is 4.92. The lowest BCUT2D eigenvalue weighted by molar-refractivity contribution is -0.143. The number of halogens is 1. The molecular formula is C31H37ClN2O6. The minimum absolute atomic E-state index is 0.147. The summed E-state index contributed by atoms with van der Waals surface area (Å²) < 4.78 is 11.5. The number of carbonyl (C=O) groups excluding carboxylic acids is 2. The van der Waals surface area contributed by atoms with Crippen molar-refractivity contribution in [2.45, 2.75) is 64.5 Å². The molecule has 2 heterocycles. The molecule has 9 heteroatoms. The number of aliphatic carboxylic acids is 1. The van der Waals surface area contributed by atoms with Gasteiger partial charge in [0, 0.05) is 38.4 Å². The van der Waals surface area contributed by atoms with Gasteiger partial charge in [-0.1, -0.05) is 29.8 Å². The molecule has 2 aromatic rings. The first-order chi connectivity index (χ1) is 19.3. The van der Waals surface area contributed by atoms with Gasteiger partial charge in [0.25, 0.3) is 0 Å². The fourth-order valence-corrected chi connectivity index (χ4v) is 6.33. The van der Waals surface area contributed by atoms with Crippen LogP contribution in [0.25, 0.3) is 0 Å². The molecule has 2 aromatic carbocycles. The van der Waals surface area contributed by atoms with Crippen LogP contribution in [0.2, 0.25) is 5.02 Å². The second kappa shape index (κ2) is 12.6. The minimum Gasteiger partial charge on any atom is -0.493 e. The third-order valence-corrected chi connectivity index (χ3v) is 8.84. The van der Waals surface area contributed by atoms with E-state index < -0.39 is 5.97 Å². The molecule has 2 aliphatic heterocycles. The van der Waals surface area contributed by atoms with Crippen LogP contribution in [0.15, 0.2) is 36.4 Å². The Balaban J connectivity index is 1.26. The Morgan fingerprint density at radius 3 is 2.55 bits per heavy atom. The number of rotatable bonds is 11. The summed E-state index contributed by atoms with van der Waals surface area (Å²) in [6.07, 6.45) is 4.73. The first kappa shape index (κ1) is 28.4. The predicted molar refractivity (Wildman–Crippen MR) is 150 cm³/mol.